The van der Waals surface area contributed by atoms with Crippen molar-refractivity contribution in [2.24, 2.45) is 5.73 Å². The standard InChI is InChI=1S/C8H15NO2/c1-2-3-6-11-7(10)8(9)4-5-8/h2-6,9H2,1H3. The number of nitrogens with two attached hydrogens (primary N) is 1. The Balaban J connectivity index is 2.12. The molecular weight excluding hydrogens is 142 g/mol. The number of unbranched alkanes of at least 4 members (excludes halogenated alkanes) is 1. The zero-order chi connectivity index (χ0) is 8.32. The van der Waals surface area contributed by atoms with Crippen LogP contribution in [0, 0.1) is 0 Å². The van der Waals surface area contributed by atoms with Gasteiger partial charge in [0.25, 0.3) is 0 Å². The Labute approximate surface area is 66.9 Å². The molecule has 0 radical (unpaired) electrons. The molecule has 0 aromatic rings. The molecule has 0 aliphatic heterocycles. The van der Waals surface area contributed by atoms with Crippen molar-refractivity contribution >= 4 is 5.97 Å². The van der Waals surface area contributed by atoms with Gasteiger partial charge in [-0.25, -0.2) is 0 Å². The first-order valence-electron chi connectivity index (χ1n) is 4.15. The van der Waals surface area contributed by atoms with Gasteiger partial charge in [0.1, 0.15) is 5.54 Å². The smallest absolute Gasteiger partial charge is 0.326 e. The van der Waals surface area contributed by atoms with E-state index in [2.05, 4.69) is 6.92 Å². The molecule has 0 spiro atoms. The fourth-order valence-electron chi connectivity index (χ4n) is 0.792. The average Bonchev–Trinajstić information content (AvgIpc) is 2.70. The summed E-state index contributed by atoms with van der Waals surface area (Å²) in [5, 5.41) is 0. The lowest BCUT2D eigenvalue weighted by atomic mass is 10.3. The van der Waals surface area contributed by atoms with Gasteiger partial charge in [0.2, 0.25) is 0 Å². The van der Waals surface area contributed by atoms with Gasteiger partial charge in [-0.2, -0.15) is 0 Å². The molecule has 3 heteroatoms. The van der Waals surface area contributed by atoms with Crippen LogP contribution in [0.5, 0.6) is 0 Å². The van der Waals surface area contributed by atoms with E-state index in [0.717, 1.165) is 25.7 Å². The molecule has 0 unspecified atom stereocenters. The Hall–Kier alpha value is -0.570. The van der Waals surface area contributed by atoms with Crippen molar-refractivity contribution in [1.29, 1.82) is 0 Å². The second-order valence-corrected chi connectivity index (χ2v) is 3.15. The predicted octanol–water partition coefficient (Wildman–Crippen LogP) is 0.821. The average molecular weight is 157 g/mol. The summed E-state index contributed by atoms with van der Waals surface area (Å²) in [6.07, 6.45) is 3.56. The van der Waals surface area contributed by atoms with Gasteiger partial charge < -0.3 is 10.5 Å². The Morgan fingerprint density at radius 1 is 1.64 bits per heavy atom. The summed E-state index contributed by atoms with van der Waals surface area (Å²) >= 11 is 0. The highest BCUT2D eigenvalue weighted by Crippen LogP contribution is 2.33. The number of esters is 1. The van der Waals surface area contributed by atoms with Gasteiger partial charge in [-0.15, -0.1) is 0 Å². The highest BCUT2D eigenvalue weighted by Gasteiger charge is 2.47. The summed E-state index contributed by atoms with van der Waals surface area (Å²) in [4.78, 5) is 11.1. The molecule has 1 fully saturated rings. The van der Waals surface area contributed by atoms with E-state index in [1.165, 1.54) is 0 Å². The van der Waals surface area contributed by atoms with Crippen molar-refractivity contribution in [3.63, 3.8) is 0 Å². The van der Waals surface area contributed by atoms with Crippen LogP contribution in [-0.4, -0.2) is 18.1 Å². The van der Waals surface area contributed by atoms with Crippen molar-refractivity contribution in [2.75, 3.05) is 6.61 Å². The largest absolute Gasteiger partial charge is 0.464 e. The van der Waals surface area contributed by atoms with Crippen molar-refractivity contribution < 1.29 is 9.53 Å². The van der Waals surface area contributed by atoms with Gasteiger partial charge in [-0.3, -0.25) is 4.79 Å². The van der Waals surface area contributed by atoms with Crippen molar-refractivity contribution in [2.45, 2.75) is 38.1 Å². The van der Waals surface area contributed by atoms with E-state index in [9.17, 15) is 4.79 Å². The van der Waals surface area contributed by atoms with Gasteiger partial charge >= 0.3 is 5.97 Å². The molecule has 3 nitrogen and oxygen atoms in total. The third-order valence-corrected chi connectivity index (χ3v) is 1.93. The predicted molar refractivity (Wildman–Crippen MR) is 42.0 cm³/mol. The van der Waals surface area contributed by atoms with Gasteiger partial charge in [0.05, 0.1) is 6.61 Å². The summed E-state index contributed by atoms with van der Waals surface area (Å²) in [5.74, 6) is -0.217. The van der Waals surface area contributed by atoms with Gasteiger partial charge in [0.15, 0.2) is 0 Å². The maximum atomic E-state index is 11.1. The zero-order valence-electron chi connectivity index (χ0n) is 6.93. The summed E-state index contributed by atoms with van der Waals surface area (Å²) in [6, 6.07) is 0. The topological polar surface area (TPSA) is 52.3 Å². The quantitative estimate of drug-likeness (QED) is 0.485. The fourth-order valence-corrected chi connectivity index (χ4v) is 0.792. The van der Waals surface area contributed by atoms with E-state index in [-0.39, 0.29) is 5.97 Å². The molecule has 0 saturated heterocycles. The number of hydrogen-bond donors (Lipinski definition) is 1. The minimum atomic E-state index is -0.603. The first-order valence-corrected chi connectivity index (χ1v) is 4.15. The molecule has 0 heterocycles. The summed E-state index contributed by atoms with van der Waals surface area (Å²) in [6.45, 7) is 2.58. The van der Waals surface area contributed by atoms with E-state index >= 15 is 0 Å². The molecule has 0 atom stereocenters. The number of hydrogen-bond acceptors (Lipinski definition) is 3. The molecular formula is C8H15NO2. The van der Waals surface area contributed by atoms with E-state index < -0.39 is 5.54 Å². The van der Waals surface area contributed by atoms with Crippen LogP contribution < -0.4 is 5.73 Å². The Kier molecular flexibility index (Phi) is 2.49. The van der Waals surface area contributed by atoms with Crippen molar-refractivity contribution in [3.8, 4) is 0 Å². The Morgan fingerprint density at radius 3 is 2.73 bits per heavy atom. The third kappa shape index (κ3) is 2.19. The molecule has 1 rings (SSSR count). The van der Waals surface area contributed by atoms with Crippen molar-refractivity contribution in [3.05, 3.63) is 0 Å². The normalized spacial score (nSPS) is 19.5. The maximum Gasteiger partial charge on any atom is 0.326 e. The number of ether oxygens (including phenoxy) is 1. The summed E-state index contributed by atoms with van der Waals surface area (Å²) < 4.78 is 4.95. The minimum absolute atomic E-state index is 0.217. The SMILES string of the molecule is CCCCOC(=O)C1(N)CC1. The van der Waals surface area contributed by atoms with Crippen LogP contribution in [0.2, 0.25) is 0 Å². The van der Waals surface area contributed by atoms with Crippen LogP contribution >= 0.6 is 0 Å². The van der Waals surface area contributed by atoms with Crippen LogP contribution in [0.4, 0.5) is 0 Å². The first-order chi connectivity index (χ1) is 5.19. The van der Waals surface area contributed by atoms with E-state index in [0.29, 0.717) is 6.61 Å². The lowest BCUT2D eigenvalue weighted by molar-refractivity contribution is -0.146. The van der Waals surface area contributed by atoms with Crippen LogP contribution in [0.25, 0.3) is 0 Å². The lowest BCUT2D eigenvalue weighted by Gasteiger charge is -2.07. The monoisotopic (exact) mass is 157 g/mol. The van der Waals surface area contributed by atoms with Crippen LogP contribution in [0.1, 0.15) is 32.6 Å². The summed E-state index contributed by atoms with van der Waals surface area (Å²) in [5.41, 5.74) is 4.99. The van der Waals surface area contributed by atoms with E-state index in [1.54, 1.807) is 0 Å². The molecule has 2 N–H and O–H groups in total. The highest BCUT2D eigenvalue weighted by atomic mass is 16.5. The van der Waals surface area contributed by atoms with E-state index in [1.807, 2.05) is 0 Å². The number of rotatable bonds is 4. The molecule has 0 aromatic carbocycles. The molecule has 1 saturated carbocycles. The molecule has 0 bridgehead atoms. The molecule has 1 aliphatic carbocycles. The second-order valence-electron chi connectivity index (χ2n) is 3.15. The van der Waals surface area contributed by atoms with Crippen molar-refractivity contribution in [1.82, 2.24) is 0 Å². The van der Waals surface area contributed by atoms with Gasteiger partial charge in [-0.1, -0.05) is 13.3 Å². The minimum Gasteiger partial charge on any atom is -0.464 e. The molecule has 0 aromatic heterocycles. The molecule has 64 valence electrons. The molecule has 11 heavy (non-hydrogen) atoms. The van der Waals surface area contributed by atoms with E-state index in [4.69, 9.17) is 10.5 Å². The Morgan fingerprint density at radius 2 is 2.27 bits per heavy atom. The maximum absolute atomic E-state index is 11.1. The lowest BCUT2D eigenvalue weighted by Crippen LogP contribution is -2.34. The Bertz CT molecular complexity index is 152. The second kappa shape index (κ2) is 3.22. The van der Waals surface area contributed by atoms with Crippen LogP contribution in [-0.2, 0) is 9.53 Å². The fraction of sp³-hybridized carbons (Fsp3) is 0.875. The number of carbonyl (C=O) groups is 1. The van der Waals surface area contributed by atoms with Gasteiger partial charge in [-0.05, 0) is 19.3 Å². The number of carbonyl (C=O) groups excluding carboxylic acids is 1. The summed E-state index contributed by atoms with van der Waals surface area (Å²) in [7, 11) is 0. The molecule has 0 amide bonds. The zero-order valence-corrected chi connectivity index (χ0v) is 6.93. The highest BCUT2D eigenvalue weighted by molar-refractivity contribution is 5.83. The van der Waals surface area contributed by atoms with Crippen LogP contribution in [0.3, 0.4) is 0 Å². The third-order valence-electron chi connectivity index (χ3n) is 1.93. The van der Waals surface area contributed by atoms with Gasteiger partial charge in [0, 0.05) is 0 Å². The first kappa shape index (κ1) is 8.53. The molecule has 1 aliphatic rings. The van der Waals surface area contributed by atoms with Crippen LogP contribution in [0.15, 0.2) is 0 Å².